The van der Waals surface area contributed by atoms with Crippen LogP contribution in [-0.2, 0) is 6.54 Å². The van der Waals surface area contributed by atoms with E-state index in [1.165, 1.54) is 0 Å². The number of hydrogen-bond acceptors (Lipinski definition) is 4. The first-order chi connectivity index (χ1) is 4.25. The summed E-state index contributed by atoms with van der Waals surface area (Å²) in [5.74, 6) is 0. The van der Waals surface area contributed by atoms with Gasteiger partial charge in [-0.05, 0) is 6.92 Å². The maximum Gasteiger partial charge on any atom is 0.188 e. The van der Waals surface area contributed by atoms with Gasteiger partial charge in [0.25, 0.3) is 0 Å². The summed E-state index contributed by atoms with van der Waals surface area (Å²) in [6.45, 7) is 2.80. The number of nitrogens with zero attached hydrogens (tertiary/aromatic N) is 3. The molecule has 1 aromatic rings. The van der Waals surface area contributed by atoms with Gasteiger partial charge in [0.15, 0.2) is 10.3 Å². The van der Waals surface area contributed by atoms with Crippen molar-refractivity contribution in [2.45, 2.75) is 23.8 Å². The predicted octanol–water partition coefficient (Wildman–Crippen LogP) is 0.875. The van der Waals surface area contributed by atoms with E-state index in [-0.39, 0.29) is 0 Å². The number of rotatable bonds is 1. The van der Waals surface area contributed by atoms with Crippen molar-refractivity contribution in [1.29, 1.82) is 0 Å². The first kappa shape index (κ1) is 6.95. The highest BCUT2D eigenvalue weighted by Gasteiger charge is 2.00. The molecule has 5 heteroatoms. The van der Waals surface area contributed by atoms with Gasteiger partial charge in [0, 0.05) is 6.54 Å². The number of aromatic nitrogens is 3. The van der Waals surface area contributed by atoms with Crippen molar-refractivity contribution in [2.75, 3.05) is 0 Å². The normalized spacial score (nSPS) is 10.1. The monoisotopic (exact) mass is 161 g/mol. The molecule has 0 spiro atoms. The Labute approximate surface area is 64.3 Å². The zero-order chi connectivity index (χ0) is 6.85. The van der Waals surface area contributed by atoms with Gasteiger partial charge in [0.05, 0.1) is 0 Å². The van der Waals surface area contributed by atoms with Gasteiger partial charge in [0.2, 0.25) is 0 Å². The highest BCUT2D eigenvalue weighted by atomic mass is 32.1. The fourth-order valence-corrected chi connectivity index (χ4v) is 1.21. The molecule has 1 rings (SSSR count). The number of thiol groups is 2. The van der Waals surface area contributed by atoms with Crippen molar-refractivity contribution in [3.05, 3.63) is 0 Å². The molecule has 0 bridgehead atoms. The van der Waals surface area contributed by atoms with E-state index in [4.69, 9.17) is 0 Å². The van der Waals surface area contributed by atoms with Gasteiger partial charge < -0.3 is 0 Å². The summed E-state index contributed by atoms with van der Waals surface area (Å²) in [7, 11) is 0. The molecule has 0 aromatic carbocycles. The van der Waals surface area contributed by atoms with Crippen LogP contribution >= 0.6 is 25.3 Å². The van der Waals surface area contributed by atoms with E-state index in [1.807, 2.05) is 6.92 Å². The summed E-state index contributed by atoms with van der Waals surface area (Å²) in [5.41, 5.74) is 0. The quantitative estimate of drug-likeness (QED) is 0.599. The molecule has 0 saturated heterocycles. The average molecular weight is 161 g/mol. The molecule has 0 radical (unpaired) electrons. The molecule has 50 valence electrons. The van der Waals surface area contributed by atoms with E-state index in [1.54, 1.807) is 4.57 Å². The summed E-state index contributed by atoms with van der Waals surface area (Å²) in [5, 5.41) is 8.60. The summed E-state index contributed by atoms with van der Waals surface area (Å²) in [6, 6.07) is 0. The third-order valence-corrected chi connectivity index (χ3v) is 1.69. The molecule has 0 aliphatic rings. The first-order valence-electron chi connectivity index (χ1n) is 2.56. The van der Waals surface area contributed by atoms with E-state index in [0.717, 1.165) is 6.54 Å². The topological polar surface area (TPSA) is 30.7 Å². The predicted molar refractivity (Wildman–Crippen MR) is 40.2 cm³/mol. The van der Waals surface area contributed by atoms with Crippen molar-refractivity contribution in [2.24, 2.45) is 0 Å². The molecule has 0 unspecified atom stereocenters. The zero-order valence-corrected chi connectivity index (χ0v) is 6.73. The molecule has 0 saturated carbocycles. The highest BCUT2D eigenvalue weighted by Crippen LogP contribution is 2.07. The molecule has 0 aliphatic heterocycles. The molecule has 0 atom stereocenters. The second-order valence-corrected chi connectivity index (χ2v) is 2.34. The van der Waals surface area contributed by atoms with E-state index in [9.17, 15) is 0 Å². The van der Waals surface area contributed by atoms with Crippen LogP contribution in [0.3, 0.4) is 0 Å². The van der Waals surface area contributed by atoms with Gasteiger partial charge in [-0.25, -0.2) is 0 Å². The molecule has 0 fully saturated rings. The van der Waals surface area contributed by atoms with Crippen LogP contribution < -0.4 is 0 Å². The summed E-state index contributed by atoms with van der Waals surface area (Å²) >= 11 is 8.08. The van der Waals surface area contributed by atoms with Crippen molar-refractivity contribution >= 4 is 25.3 Å². The molecule has 0 amide bonds. The highest BCUT2D eigenvalue weighted by molar-refractivity contribution is 7.80. The zero-order valence-electron chi connectivity index (χ0n) is 4.94. The van der Waals surface area contributed by atoms with Gasteiger partial charge in [0.1, 0.15) is 0 Å². The summed E-state index contributed by atoms with van der Waals surface area (Å²) < 4.78 is 1.80. The molecule has 9 heavy (non-hydrogen) atoms. The molecule has 1 heterocycles. The van der Waals surface area contributed by atoms with Gasteiger partial charge in [-0.2, -0.15) is 0 Å². The van der Waals surface area contributed by atoms with E-state index >= 15 is 0 Å². The minimum Gasteiger partial charge on any atom is -0.298 e. The Bertz CT molecular complexity index is 188. The van der Waals surface area contributed by atoms with Crippen LogP contribution in [0, 0.1) is 0 Å². The van der Waals surface area contributed by atoms with Crippen LogP contribution in [0.2, 0.25) is 0 Å². The minimum absolute atomic E-state index is 0.613. The Hall–Kier alpha value is -0.160. The van der Waals surface area contributed by atoms with Gasteiger partial charge in [-0.1, -0.05) is 0 Å². The van der Waals surface area contributed by atoms with Crippen LogP contribution in [0.25, 0.3) is 0 Å². The fourth-order valence-electron chi connectivity index (χ4n) is 0.570. The summed E-state index contributed by atoms with van der Waals surface area (Å²) in [6.07, 6.45) is 0. The minimum atomic E-state index is 0.613. The third kappa shape index (κ3) is 1.21. The lowest BCUT2D eigenvalue weighted by molar-refractivity contribution is 0.628. The second-order valence-electron chi connectivity index (χ2n) is 1.54. The Morgan fingerprint density at radius 2 is 1.78 bits per heavy atom. The van der Waals surface area contributed by atoms with E-state index in [2.05, 4.69) is 35.5 Å². The number of hydrogen-bond donors (Lipinski definition) is 2. The van der Waals surface area contributed by atoms with Gasteiger partial charge in [-0.3, -0.25) is 4.57 Å². The Balaban J connectivity index is 3.07. The van der Waals surface area contributed by atoms with E-state index in [0.29, 0.717) is 10.3 Å². The van der Waals surface area contributed by atoms with Gasteiger partial charge in [-0.15, -0.1) is 35.5 Å². The van der Waals surface area contributed by atoms with Crippen molar-refractivity contribution in [3.63, 3.8) is 0 Å². The van der Waals surface area contributed by atoms with E-state index < -0.39 is 0 Å². The van der Waals surface area contributed by atoms with Crippen molar-refractivity contribution < 1.29 is 0 Å². The standard InChI is InChI=1S/C4H7N3S2/c1-2-7-3(8)5-6-4(7)9/h2H2,1H3,(H,5,8)(H,6,9). The smallest absolute Gasteiger partial charge is 0.188 e. The van der Waals surface area contributed by atoms with Crippen LogP contribution in [-0.4, -0.2) is 14.8 Å². The Morgan fingerprint density at radius 1 is 1.33 bits per heavy atom. The maximum atomic E-state index is 4.04. The van der Waals surface area contributed by atoms with Crippen LogP contribution in [0.4, 0.5) is 0 Å². The Morgan fingerprint density at radius 3 is 2.00 bits per heavy atom. The van der Waals surface area contributed by atoms with Gasteiger partial charge >= 0.3 is 0 Å². The molecule has 0 N–H and O–H groups in total. The lowest BCUT2D eigenvalue weighted by Crippen LogP contribution is -1.94. The molecular formula is C4H7N3S2. The van der Waals surface area contributed by atoms with Crippen molar-refractivity contribution in [1.82, 2.24) is 14.8 Å². The molecular weight excluding hydrogens is 154 g/mol. The lowest BCUT2D eigenvalue weighted by atomic mass is 10.7. The fraction of sp³-hybridized carbons (Fsp3) is 0.500. The molecule has 1 aromatic heterocycles. The maximum absolute atomic E-state index is 4.04. The summed E-state index contributed by atoms with van der Waals surface area (Å²) in [4.78, 5) is 0. The molecule has 3 nitrogen and oxygen atoms in total. The third-order valence-electron chi connectivity index (χ3n) is 1.03. The van der Waals surface area contributed by atoms with Crippen molar-refractivity contribution in [3.8, 4) is 0 Å². The van der Waals surface area contributed by atoms with Crippen LogP contribution in [0.5, 0.6) is 0 Å². The SMILES string of the molecule is CCn1c(S)nnc1S. The molecule has 0 aliphatic carbocycles. The largest absolute Gasteiger partial charge is 0.298 e. The average Bonchev–Trinajstić information content (AvgIpc) is 2.12. The van der Waals surface area contributed by atoms with Crippen LogP contribution in [0.15, 0.2) is 10.3 Å². The first-order valence-corrected chi connectivity index (χ1v) is 3.46. The second kappa shape index (κ2) is 2.62. The van der Waals surface area contributed by atoms with Crippen LogP contribution in [0.1, 0.15) is 6.92 Å². The Kier molecular flexibility index (Phi) is 2.02. The lowest BCUT2D eigenvalue weighted by Gasteiger charge is -1.96.